The second kappa shape index (κ2) is 4.07. The number of hydrazine groups is 1. The Morgan fingerprint density at radius 2 is 1.94 bits per heavy atom. The molecule has 1 aromatic heterocycles. The molecule has 94 valence electrons. The van der Waals surface area contributed by atoms with Crippen molar-refractivity contribution in [3.63, 3.8) is 0 Å². The van der Waals surface area contributed by atoms with E-state index in [-0.39, 0.29) is 0 Å². The Kier molecular flexibility index (Phi) is 2.38. The van der Waals surface area contributed by atoms with Gasteiger partial charge in [0.05, 0.1) is 17.1 Å². The van der Waals surface area contributed by atoms with E-state index in [4.69, 9.17) is 4.98 Å². The average molecular weight is 242 g/mol. The Labute approximate surface area is 106 Å². The van der Waals surface area contributed by atoms with Crippen molar-refractivity contribution < 1.29 is 0 Å². The van der Waals surface area contributed by atoms with Crippen LogP contribution in [0.1, 0.15) is 37.5 Å². The molecule has 1 aliphatic carbocycles. The highest BCUT2D eigenvalue weighted by atomic mass is 15.4. The van der Waals surface area contributed by atoms with E-state index in [9.17, 15) is 0 Å². The highest BCUT2D eigenvalue weighted by Gasteiger charge is 2.39. The van der Waals surface area contributed by atoms with Gasteiger partial charge in [-0.05, 0) is 30.9 Å². The summed E-state index contributed by atoms with van der Waals surface area (Å²) in [6.45, 7) is 0. The van der Waals surface area contributed by atoms with Crippen molar-refractivity contribution in [1.29, 1.82) is 0 Å². The summed E-state index contributed by atoms with van der Waals surface area (Å²) in [4.78, 5) is 8.18. The monoisotopic (exact) mass is 242 g/mol. The molecule has 0 amide bonds. The number of imidazole rings is 1. The number of aromatic amines is 1. The summed E-state index contributed by atoms with van der Waals surface area (Å²) in [5.41, 5.74) is 9.07. The lowest BCUT2D eigenvalue weighted by molar-refractivity contribution is 0.303. The molecule has 18 heavy (non-hydrogen) atoms. The zero-order valence-corrected chi connectivity index (χ0v) is 10.3. The van der Waals surface area contributed by atoms with Gasteiger partial charge in [0.1, 0.15) is 5.82 Å². The molecule has 1 aromatic carbocycles. The maximum Gasteiger partial charge on any atom is 0.126 e. The van der Waals surface area contributed by atoms with E-state index in [0.717, 1.165) is 16.9 Å². The molecule has 3 atom stereocenters. The van der Waals surface area contributed by atoms with Gasteiger partial charge in [0, 0.05) is 6.04 Å². The van der Waals surface area contributed by atoms with Crippen molar-refractivity contribution in [3.05, 3.63) is 30.1 Å². The summed E-state index contributed by atoms with van der Waals surface area (Å²) in [7, 11) is 0. The van der Waals surface area contributed by atoms with Crippen LogP contribution in [0.4, 0.5) is 0 Å². The molecule has 1 saturated carbocycles. The Morgan fingerprint density at radius 1 is 1.06 bits per heavy atom. The predicted octanol–water partition coefficient (Wildman–Crippen LogP) is 2.27. The molecule has 1 saturated heterocycles. The number of nitrogens with one attached hydrogen (secondary N) is 3. The SMILES string of the molecule is c1ccc2[nH]c(C3NNC4CCCCC43)nc2c1. The molecule has 2 aromatic rings. The summed E-state index contributed by atoms with van der Waals surface area (Å²) in [5.74, 6) is 1.76. The second-order valence-electron chi connectivity index (χ2n) is 5.46. The number of hydrogen-bond donors (Lipinski definition) is 3. The number of aromatic nitrogens is 2. The fourth-order valence-corrected chi connectivity index (χ4v) is 3.43. The molecule has 4 nitrogen and oxygen atoms in total. The zero-order chi connectivity index (χ0) is 11.9. The number of nitrogens with zero attached hydrogens (tertiary/aromatic N) is 1. The average Bonchev–Trinajstić information content (AvgIpc) is 3.02. The van der Waals surface area contributed by atoms with Gasteiger partial charge in [0.15, 0.2) is 0 Å². The standard InChI is InChI=1S/C14H18N4/c1-2-6-10-9(5-1)13(18-17-10)14-15-11-7-3-4-8-12(11)16-14/h3-4,7-10,13,17-18H,1-2,5-6H2,(H,15,16). The number of hydrogen-bond acceptors (Lipinski definition) is 3. The van der Waals surface area contributed by atoms with Crippen molar-refractivity contribution in [3.8, 4) is 0 Å². The van der Waals surface area contributed by atoms with Crippen LogP contribution in [0.2, 0.25) is 0 Å². The number of rotatable bonds is 1. The summed E-state index contributed by atoms with van der Waals surface area (Å²) in [6, 6.07) is 9.20. The van der Waals surface area contributed by atoms with E-state index in [1.807, 2.05) is 12.1 Å². The Morgan fingerprint density at radius 3 is 2.89 bits per heavy atom. The molecule has 2 heterocycles. The van der Waals surface area contributed by atoms with Gasteiger partial charge in [-0.15, -0.1) is 0 Å². The van der Waals surface area contributed by atoms with E-state index < -0.39 is 0 Å². The fourth-order valence-electron chi connectivity index (χ4n) is 3.43. The van der Waals surface area contributed by atoms with E-state index in [0.29, 0.717) is 18.0 Å². The van der Waals surface area contributed by atoms with Crippen LogP contribution >= 0.6 is 0 Å². The first kappa shape index (κ1) is 10.5. The van der Waals surface area contributed by atoms with Crippen LogP contribution in [-0.2, 0) is 0 Å². The lowest BCUT2D eigenvalue weighted by atomic mass is 9.81. The van der Waals surface area contributed by atoms with Gasteiger partial charge in [-0.1, -0.05) is 25.0 Å². The molecular formula is C14H18N4. The molecule has 0 bridgehead atoms. The number of fused-ring (bicyclic) bond motifs is 2. The third-order valence-corrected chi connectivity index (χ3v) is 4.37. The van der Waals surface area contributed by atoms with Gasteiger partial charge < -0.3 is 4.98 Å². The van der Waals surface area contributed by atoms with Crippen molar-refractivity contribution >= 4 is 11.0 Å². The molecule has 4 heteroatoms. The van der Waals surface area contributed by atoms with Crippen molar-refractivity contribution in [1.82, 2.24) is 20.8 Å². The van der Waals surface area contributed by atoms with Gasteiger partial charge in [-0.2, -0.15) is 0 Å². The first-order valence-electron chi connectivity index (χ1n) is 6.87. The molecule has 4 rings (SSSR count). The van der Waals surface area contributed by atoms with Gasteiger partial charge in [0.25, 0.3) is 0 Å². The lowest BCUT2D eigenvalue weighted by Gasteiger charge is -2.26. The minimum atomic E-state index is 0.336. The van der Waals surface area contributed by atoms with Crippen LogP contribution in [-0.4, -0.2) is 16.0 Å². The topological polar surface area (TPSA) is 52.7 Å². The molecule has 3 unspecified atom stereocenters. The molecule has 1 aliphatic heterocycles. The molecule has 0 radical (unpaired) electrons. The molecule has 3 N–H and O–H groups in total. The van der Waals surface area contributed by atoms with Crippen LogP contribution in [0.5, 0.6) is 0 Å². The minimum absolute atomic E-state index is 0.336. The van der Waals surface area contributed by atoms with Crippen LogP contribution in [0.3, 0.4) is 0 Å². The number of para-hydroxylation sites is 2. The maximum atomic E-state index is 4.73. The maximum absolute atomic E-state index is 4.73. The molecule has 0 spiro atoms. The molecular weight excluding hydrogens is 224 g/mol. The highest BCUT2D eigenvalue weighted by molar-refractivity contribution is 5.74. The Bertz CT molecular complexity index is 529. The highest BCUT2D eigenvalue weighted by Crippen LogP contribution is 2.37. The first-order valence-corrected chi connectivity index (χ1v) is 6.87. The van der Waals surface area contributed by atoms with Gasteiger partial charge in [-0.3, -0.25) is 5.43 Å². The quantitative estimate of drug-likeness (QED) is 0.719. The van der Waals surface area contributed by atoms with E-state index in [1.165, 1.54) is 25.7 Å². The Hall–Kier alpha value is -1.39. The second-order valence-corrected chi connectivity index (χ2v) is 5.46. The molecule has 2 aliphatic rings. The van der Waals surface area contributed by atoms with Crippen LogP contribution in [0.15, 0.2) is 24.3 Å². The van der Waals surface area contributed by atoms with E-state index in [2.05, 4.69) is 28.0 Å². The Balaban J connectivity index is 1.69. The van der Waals surface area contributed by atoms with Crippen molar-refractivity contribution in [2.75, 3.05) is 0 Å². The van der Waals surface area contributed by atoms with E-state index >= 15 is 0 Å². The fraction of sp³-hybridized carbons (Fsp3) is 0.500. The number of benzene rings is 1. The summed E-state index contributed by atoms with van der Waals surface area (Å²) in [5, 5.41) is 0. The van der Waals surface area contributed by atoms with Crippen LogP contribution in [0.25, 0.3) is 11.0 Å². The zero-order valence-electron chi connectivity index (χ0n) is 10.3. The number of H-pyrrole nitrogens is 1. The first-order chi connectivity index (χ1) is 8.92. The predicted molar refractivity (Wildman–Crippen MR) is 70.9 cm³/mol. The largest absolute Gasteiger partial charge is 0.341 e. The summed E-state index contributed by atoms with van der Waals surface area (Å²) >= 11 is 0. The third kappa shape index (κ3) is 1.56. The van der Waals surface area contributed by atoms with Crippen molar-refractivity contribution in [2.45, 2.75) is 37.8 Å². The van der Waals surface area contributed by atoms with Crippen LogP contribution in [0, 0.1) is 5.92 Å². The third-order valence-electron chi connectivity index (χ3n) is 4.37. The molecule has 2 fully saturated rings. The van der Waals surface area contributed by atoms with Crippen molar-refractivity contribution in [2.24, 2.45) is 5.92 Å². The van der Waals surface area contributed by atoms with Gasteiger partial charge in [-0.25, -0.2) is 10.4 Å². The minimum Gasteiger partial charge on any atom is -0.341 e. The summed E-state index contributed by atoms with van der Waals surface area (Å²) in [6.07, 6.45) is 5.28. The van der Waals surface area contributed by atoms with Crippen LogP contribution < -0.4 is 10.9 Å². The van der Waals surface area contributed by atoms with Gasteiger partial charge >= 0.3 is 0 Å². The lowest BCUT2D eigenvalue weighted by Crippen LogP contribution is -2.33. The van der Waals surface area contributed by atoms with Gasteiger partial charge in [0.2, 0.25) is 0 Å². The normalized spacial score (nSPS) is 31.7. The summed E-state index contributed by atoms with van der Waals surface area (Å²) < 4.78 is 0. The van der Waals surface area contributed by atoms with E-state index in [1.54, 1.807) is 0 Å². The smallest absolute Gasteiger partial charge is 0.126 e.